The zero-order chi connectivity index (χ0) is 20.9. The van der Waals surface area contributed by atoms with Crippen molar-refractivity contribution in [3.8, 4) is 11.5 Å². The number of alkyl halides is 2. The highest BCUT2D eigenvalue weighted by molar-refractivity contribution is 7.89. The largest absolute Gasteiger partial charge is 0.506 e. The van der Waals surface area contributed by atoms with Crippen LogP contribution >= 0.6 is 0 Å². The average Bonchev–Trinajstić information content (AvgIpc) is 2.64. The number of sulfonamides is 1. The van der Waals surface area contributed by atoms with Gasteiger partial charge in [0.05, 0.1) is 10.6 Å². The van der Waals surface area contributed by atoms with Gasteiger partial charge in [-0.1, -0.05) is 13.8 Å². The monoisotopic (exact) mass is 414 g/mol. The molecular formula is C18H20F2N2O5S. The molecule has 152 valence electrons. The van der Waals surface area contributed by atoms with Crippen LogP contribution in [0.3, 0.4) is 0 Å². The quantitative estimate of drug-likeness (QED) is 0.647. The van der Waals surface area contributed by atoms with Crippen LogP contribution in [0, 0.1) is 0 Å². The molecule has 0 aliphatic rings. The molecule has 1 amide bonds. The number of anilines is 1. The highest BCUT2D eigenvalue weighted by Gasteiger charge is 2.23. The lowest BCUT2D eigenvalue weighted by Gasteiger charge is -2.19. The minimum Gasteiger partial charge on any atom is -0.506 e. The third-order valence-electron chi connectivity index (χ3n) is 3.90. The lowest BCUT2D eigenvalue weighted by atomic mass is 10.2. The summed E-state index contributed by atoms with van der Waals surface area (Å²) in [6, 6.07) is 8.50. The number of benzene rings is 2. The van der Waals surface area contributed by atoms with E-state index in [2.05, 4.69) is 10.1 Å². The molecule has 0 aromatic heterocycles. The van der Waals surface area contributed by atoms with Crippen molar-refractivity contribution in [3.63, 3.8) is 0 Å². The van der Waals surface area contributed by atoms with Crippen molar-refractivity contribution < 1.29 is 31.8 Å². The van der Waals surface area contributed by atoms with Gasteiger partial charge in [-0.3, -0.25) is 4.79 Å². The summed E-state index contributed by atoms with van der Waals surface area (Å²) in [5, 5.41) is 12.4. The SMILES string of the molecule is CCN(CC)S(=O)(=O)c1ccc(O)c(NC(=O)c2ccc(OC(F)F)cc2)c1. The third kappa shape index (κ3) is 4.96. The van der Waals surface area contributed by atoms with Gasteiger partial charge in [0.2, 0.25) is 10.0 Å². The van der Waals surface area contributed by atoms with Crippen LogP contribution in [0.2, 0.25) is 0 Å². The first-order chi connectivity index (χ1) is 13.2. The Labute approximate surface area is 161 Å². The molecule has 0 atom stereocenters. The minimum absolute atomic E-state index is 0.0787. The molecule has 2 N–H and O–H groups in total. The standard InChI is InChI=1S/C18H20F2N2O5S/c1-3-22(4-2)28(25,26)14-9-10-16(23)15(11-14)21-17(24)12-5-7-13(8-6-12)27-18(19)20/h5-11,18,23H,3-4H2,1-2H3,(H,21,24). The van der Waals surface area contributed by atoms with Gasteiger partial charge in [0.15, 0.2) is 0 Å². The summed E-state index contributed by atoms with van der Waals surface area (Å²) >= 11 is 0. The number of carbonyl (C=O) groups excluding carboxylic acids is 1. The van der Waals surface area contributed by atoms with Crippen LogP contribution in [-0.4, -0.2) is 43.4 Å². The normalized spacial score (nSPS) is 11.6. The van der Waals surface area contributed by atoms with Crippen LogP contribution in [0.4, 0.5) is 14.5 Å². The van der Waals surface area contributed by atoms with Gasteiger partial charge in [-0.25, -0.2) is 8.42 Å². The Morgan fingerprint density at radius 2 is 1.75 bits per heavy atom. The summed E-state index contributed by atoms with van der Waals surface area (Å²) in [6.45, 7) is 0.965. The van der Waals surface area contributed by atoms with Gasteiger partial charge in [-0.15, -0.1) is 0 Å². The predicted molar refractivity (Wildman–Crippen MR) is 99.2 cm³/mol. The van der Waals surface area contributed by atoms with Crippen LogP contribution in [0.25, 0.3) is 0 Å². The van der Waals surface area contributed by atoms with E-state index in [1.165, 1.54) is 40.7 Å². The number of phenols is 1. The van der Waals surface area contributed by atoms with Crippen molar-refractivity contribution in [1.29, 1.82) is 0 Å². The molecule has 0 saturated carbocycles. The van der Waals surface area contributed by atoms with Crippen LogP contribution in [0.15, 0.2) is 47.4 Å². The maximum atomic E-state index is 12.6. The molecule has 2 rings (SSSR count). The Hall–Kier alpha value is -2.72. The number of hydrogen-bond donors (Lipinski definition) is 2. The number of rotatable bonds is 8. The van der Waals surface area contributed by atoms with Crippen molar-refractivity contribution in [3.05, 3.63) is 48.0 Å². The van der Waals surface area contributed by atoms with E-state index >= 15 is 0 Å². The fourth-order valence-electron chi connectivity index (χ4n) is 2.47. The van der Waals surface area contributed by atoms with Gasteiger partial charge in [-0.05, 0) is 42.5 Å². The van der Waals surface area contributed by atoms with E-state index in [0.29, 0.717) is 0 Å². The van der Waals surface area contributed by atoms with Gasteiger partial charge < -0.3 is 15.2 Å². The molecule has 0 heterocycles. The van der Waals surface area contributed by atoms with Gasteiger partial charge in [0.25, 0.3) is 5.91 Å². The van der Waals surface area contributed by atoms with E-state index in [1.807, 2.05) is 0 Å². The minimum atomic E-state index is -3.77. The van der Waals surface area contributed by atoms with Crippen molar-refractivity contribution in [1.82, 2.24) is 4.31 Å². The van der Waals surface area contributed by atoms with E-state index in [0.717, 1.165) is 6.07 Å². The van der Waals surface area contributed by atoms with Crippen LogP contribution in [-0.2, 0) is 10.0 Å². The molecule has 2 aromatic rings. The van der Waals surface area contributed by atoms with E-state index < -0.39 is 22.5 Å². The van der Waals surface area contributed by atoms with Crippen LogP contribution in [0.1, 0.15) is 24.2 Å². The highest BCUT2D eigenvalue weighted by atomic mass is 32.2. The fourth-order valence-corrected chi connectivity index (χ4v) is 3.96. The van der Waals surface area contributed by atoms with Gasteiger partial charge in [-0.2, -0.15) is 13.1 Å². The second kappa shape index (κ2) is 8.98. The number of amides is 1. The number of nitrogens with zero attached hydrogens (tertiary/aromatic N) is 1. The first-order valence-electron chi connectivity index (χ1n) is 8.38. The fraction of sp³-hybridized carbons (Fsp3) is 0.278. The van der Waals surface area contributed by atoms with Gasteiger partial charge in [0, 0.05) is 18.7 Å². The molecule has 0 unspecified atom stereocenters. The van der Waals surface area contributed by atoms with E-state index in [9.17, 15) is 27.1 Å². The lowest BCUT2D eigenvalue weighted by Crippen LogP contribution is -2.30. The number of phenolic OH excluding ortho intramolecular Hbond substituents is 1. The number of nitrogens with one attached hydrogen (secondary N) is 1. The Balaban J connectivity index is 2.25. The molecule has 0 saturated heterocycles. The lowest BCUT2D eigenvalue weighted by molar-refractivity contribution is -0.0498. The predicted octanol–water partition coefficient (Wildman–Crippen LogP) is 3.28. The second-order valence-corrected chi connectivity index (χ2v) is 7.56. The maximum absolute atomic E-state index is 12.6. The molecule has 28 heavy (non-hydrogen) atoms. The van der Waals surface area contributed by atoms with Crippen molar-refractivity contribution in [2.24, 2.45) is 0 Å². The van der Waals surface area contributed by atoms with Crippen LogP contribution < -0.4 is 10.1 Å². The molecule has 0 radical (unpaired) electrons. The number of aromatic hydroxyl groups is 1. The highest BCUT2D eigenvalue weighted by Crippen LogP contribution is 2.28. The molecule has 0 aliphatic heterocycles. The molecular weight excluding hydrogens is 394 g/mol. The summed E-state index contributed by atoms with van der Waals surface area (Å²) in [7, 11) is -3.77. The molecule has 2 aromatic carbocycles. The smallest absolute Gasteiger partial charge is 0.387 e. The number of hydrogen-bond acceptors (Lipinski definition) is 5. The zero-order valence-corrected chi connectivity index (χ0v) is 16.0. The molecule has 0 bridgehead atoms. The van der Waals surface area contributed by atoms with Crippen molar-refractivity contribution in [2.45, 2.75) is 25.4 Å². The third-order valence-corrected chi connectivity index (χ3v) is 5.95. The first kappa shape index (κ1) is 21.6. The van der Waals surface area contributed by atoms with Crippen molar-refractivity contribution >= 4 is 21.6 Å². The molecule has 0 fully saturated rings. The zero-order valence-electron chi connectivity index (χ0n) is 15.2. The Bertz CT molecular complexity index is 929. The van der Waals surface area contributed by atoms with Crippen molar-refractivity contribution in [2.75, 3.05) is 18.4 Å². The Morgan fingerprint density at radius 3 is 2.29 bits per heavy atom. The first-order valence-corrected chi connectivity index (χ1v) is 9.82. The number of ether oxygens (including phenoxy) is 1. The summed E-state index contributed by atoms with van der Waals surface area (Å²) in [5.41, 5.74) is 0.0177. The molecule has 7 nitrogen and oxygen atoms in total. The van der Waals surface area contributed by atoms with Crippen LogP contribution in [0.5, 0.6) is 11.5 Å². The molecule has 0 spiro atoms. The Morgan fingerprint density at radius 1 is 1.14 bits per heavy atom. The maximum Gasteiger partial charge on any atom is 0.387 e. The summed E-state index contributed by atoms with van der Waals surface area (Å²) in [6.07, 6.45) is 0. The van der Waals surface area contributed by atoms with E-state index in [1.54, 1.807) is 13.8 Å². The Kier molecular flexibility index (Phi) is 6.92. The number of halogens is 2. The van der Waals surface area contributed by atoms with Gasteiger partial charge in [0.1, 0.15) is 11.5 Å². The molecule has 0 aliphatic carbocycles. The number of carbonyl (C=O) groups is 1. The van der Waals surface area contributed by atoms with E-state index in [4.69, 9.17) is 0 Å². The second-order valence-electron chi connectivity index (χ2n) is 5.63. The summed E-state index contributed by atoms with van der Waals surface area (Å²) in [4.78, 5) is 12.3. The van der Waals surface area contributed by atoms with Gasteiger partial charge >= 0.3 is 6.61 Å². The van der Waals surface area contributed by atoms with E-state index in [-0.39, 0.29) is 40.7 Å². The molecule has 10 heteroatoms. The average molecular weight is 414 g/mol. The topological polar surface area (TPSA) is 95.9 Å². The summed E-state index contributed by atoms with van der Waals surface area (Å²) < 4.78 is 55.0. The summed E-state index contributed by atoms with van der Waals surface area (Å²) in [5.74, 6) is -1.08.